The van der Waals surface area contributed by atoms with Crippen LogP contribution in [0.5, 0.6) is 23.0 Å². The number of rotatable bonds is 9. The number of aliphatic carboxylic acids is 2. The lowest BCUT2D eigenvalue weighted by atomic mass is 9.86. The Balaban J connectivity index is 0.000000493. The maximum atomic E-state index is 12.6. The molecule has 0 amide bonds. The lowest BCUT2D eigenvalue weighted by Gasteiger charge is -2.37. The molecule has 0 aliphatic carbocycles. The van der Waals surface area contributed by atoms with E-state index in [-0.39, 0.29) is 30.2 Å². The second kappa shape index (κ2) is 13.2. The molecular formula is C31H32FNO8. The number of allylic oxidation sites excluding steroid dienone is 1. The molecule has 0 spiro atoms. The van der Waals surface area contributed by atoms with Gasteiger partial charge in [0.2, 0.25) is 0 Å². The molecular weight excluding hydrogens is 533 g/mol. The smallest absolute Gasteiger partial charge is 0.314 e. The number of carbonyl (C=O) groups is 2. The second-order valence-corrected chi connectivity index (χ2v) is 9.93. The van der Waals surface area contributed by atoms with Crippen LogP contribution in [-0.4, -0.2) is 70.2 Å². The summed E-state index contributed by atoms with van der Waals surface area (Å²) in [5.41, 5.74) is 4.56. The minimum absolute atomic E-state index is 0.176. The van der Waals surface area contributed by atoms with E-state index in [0.717, 1.165) is 53.2 Å². The van der Waals surface area contributed by atoms with Crippen molar-refractivity contribution in [1.29, 1.82) is 0 Å². The average Bonchev–Trinajstić information content (AvgIpc) is 2.90. The van der Waals surface area contributed by atoms with Gasteiger partial charge in [-0.05, 0) is 66.1 Å². The minimum atomic E-state index is -1.31. The molecule has 0 aromatic heterocycles. The van der Waals surface area contributed by atoms with Crippen molar-refractivity contribution >= 4 is 23.1 Å². The van der Waals surface area contributed by atoms with Crippen LogP contribution in [0.4, 0.5) is 4.39 Å². The number of alkyl halides is 1. The molecule has 0 saturated carbocycles. The van der Waals surface area contributed by atoms with Crippen molar-refractivity contribution in [3.8, 4) is 23.0 Å². The summed E-state index contributed by atoms with van der Waals surface area (Å²) in [4.78, 5) is 21.1. The number of benzene rings is 3. The van der Waals surface area contributed by atoms with Crippen LogP contribution in [0.1, 0.15) is 36.1 Å². The van der Waals surface area contributed by atoms with E-state index in [1.54, 1.807) is 30.3 Å². The highest BCUT2D eigenvalue weighted by Gasteiger charge is 2.30. The van der Waals surface area contributed by atoms with Gasteiger partial charge in [0.15, 0.2) is 0 Å². The van der Waals surface area contributed by atoms with E-state index in [0.29, 0.717) is 12.4 Å². The van der Waals surface area contributed by atoms with E-state index in [4.69, 9.17) is 19.7 Å². The fourth-order valence-electron chi connectivity index (χ4n) is 4.84. The van der Waals surface area contributed by atoms with E-state index in [2.05, 4.69) is 4.90 Å². The first-order valence-electron chi connectivity index (χ1n) is 13.1. The van der Waals surface area contributed by atoms with Gasteiger partial charge in [-0.3, -0.25) is 18.9 Å². The Morgan fingerprint density at radius 2 is 1.66 bits per heavy atom. The number of likely N-dealkylation sites (tertiary alicyclic amines) is 1. The highest BCUT2D eigenvalue weighted by atomic mass is 19.1. The summed E-state index contributed by atoms with van der Waals surface area (Å²) in [5.74, 6) is -0.615. The van der Waals surface area contributed by atoms with E-state index in [1.807, 2.05) is 43.3 Å². The Labute approximate surface area is 236 Å². The fraction of sp³-hybridized carbons (Fsp3) is 0.290. The average molecular weight is 566 g/mol. The van der Waals surface area contributed by atoms with Gasteiger partial charge in [-0.25, -0.2) is 0 Å². The fourth-order valence-corrected chi connectivity index (χ4v) is 4.84. The van der Waals surface area contributed by atoms with E-state index in [9.17, 15) is 24.2 Å². The van der Waals surface area contributed by atoms with Crippen LogP contribution in [0, 0.1) is 5.92 Å². The molecule has 2 aliphatic rings. The molecule has 41 heavy (non-hydrogen) atoms. The molecule has 0 radical (unpaired) electrons. The van der Waals surface area contributed by atoms with Gasteiger partial charge >= 0.3 is 11.9 Å². The summed E-state index contributed by atoms with van der Waals surface area (Å²) in [5, 5.41) is 35.5. The van der Waals surface area contributed by atoms with Crippen molar-refractivity contribution in [2.24, 2.45) is 5.92 Å². The predicted octanol–water partition coefficient (Wildman–Crippen LogP) is 4.99. The Morgan fingerprint density at radius 3 is 2.27 bits per heavy atom. The Kier molecular flexibility index (Phi) is 9.46. The molecule has 2 heterocycles. The number of ether oxygens (including phenoxy) is 2. The first kappa shape index (κ1) is 29.4. The first-order valence-corrected chi connectivity index (χ1v) is 13.1. The van der Waals surface area contributed by atoms with Gasteiger partial charge in [0.1, 0.15) is 42.1 Å². The molecule has 216 valence electrons. The number of fused-ring (bicyclic) bond motifs is 1. The number of aromatic hydroxyl groups is 2. The summed E-state index contributed by atoms with van der Waals surface area (Å²) in [6.45, 7) is 4.72. The van der Waals surface area contributed by atoms with Gasteiger partial charge in [-0.2, -0.15) is 0 Å². The van der Waals surface area contributed by atoms with Crippen LogP contribution >= 0.6 is 0 Å². The van der Waals surface area contributed by atoms with Crippen molar-refractivity contribution in [1.82, 2.24) is 4.90 Å². The zero-order valence-corrected chi connectivity index (χ0v) is 22.5. The van der Waals surface area contributed by atoms with Gasteiger partial charge < -0.3 is 29.9 Å². The van der Waals surface area contributed by atoms with Crippen molar-refractivity contribution in [2.75, 3.05) is 32.9 Å². The molecule has 0 unspecified atom stereocenters. The maximum absolute atomic E-state index is 12.6. The van der Waals surface area contributed by atoms with Crippen LogP contribution in [0.15, 0.2) is 66.7 Å². The summed E-state index contributed by atoms with van der Waals surface area (Å²) in [6.07, 6.45) is -1.19. The van der Waals surface area contributed by atoms with Gasteiger partial charge in [0.05, 0.1) is 6.67 Å². The SMILES string of the molecule is CC1=C(c2cccc(O)c2)[C@H](c2ccc(OCCN3CC(CF)C3)cc2)Oc2ccc(O)cc21.O=C(O)CC(=O)O. The summed E-state index contributed by atoms with van der Waals surface area (Å²) in [7, 11) is 0. The lowest BCUT2D eigenvalue weighted by Crippen LogP contribution is -2.49. The van der Waals surface area contributed by atoms with Crippen molar-refractivity contribution in [3.05, 3.63) is 83.4 Å². The standard InChI is InChI=1S/C28H28FNO4.C3H4O4/c1-18-25-14-23(32)7-10-26(25)34-28(27(18)21-3-2-4-22(31)13-21)20-5-8-24(9-6-20)33-12-11-30-16-19(15-29)17-30;4-2(5)1-3(6)7/h2-10,13-14,19,28,31-32H,11-12,15-17H2,1H3;1H2,(H,4,5)(H,6,7)/t28-;/m0./s1. The molecule has 0 bridgehead atoms. The minimum Gasteiger partial charge on any atom is -0.508 e. The molecule has 2 aliphatic heterocycles. The number of nitrogens with zero attached hydrogens (tertiary/aromatic N) is 1. The monoisotopic (exact) mass is 565 g/mol. The maximum Gasteiger partial charge on any atom is 0.314 e. The quantitative estimate of drug-likeness (QED) is 0.265. The van der Waals surface area contributed by atoms with Gasteiger partial charge in [-0.1, -0.05) is 24.3 Å². The number of carboxylic acids is 2. The zero-order valence-electron chi connectivity index (χ0n) is 22.5. The summed E-state index contributed by atoms with van der Waals surface area (Å²) >= 11 is 0. The third-order valence-corrected chi connectivity index (χ3v) is 6.85. The van der Waals surface area contributed by atoms with Crippen LogP contribution < -0.4 is 9.47 Å². The Hall–Kier alpha value is -4.57. The number of carboxylic acid groups (broad SMARTS) is 2. The molecule has 1 saturated heterocycles. The number of hydrogen-bond acceptors (Lipinski definition) is 7. The molecule has 9 nitrogen and oxygen atoms in total. The largest absolute Gasteiger partial charge is 0.508 e. The van der Waals surface area contributed by atoms with Crippen LogP contribution in [0.3, 0.4) is 0 Å². The number of phenolic OH excluding ortho intramolecular Hbond substituents is 2. The highest BCUT2D eigenvalue weighted by Crippen LogP contribution is 2.47. The normalized spacial score (nSPS) is 16.5. The van der Waals surface area contributed by atoms with Gasteiger partial charge in [0.25, 0.3) is 0 Å². The van der Waals surface area contributed by atoms with Crippen LogP contribution in [-0.2, 0) is 9.59 Å². The number of hydrogen-bond donors (Lipinski definition) is 4. The van der Waals surface area contributed by atoms with E-state index < -0.39 is 18.4 Å². The zero-order chi connectivity index (χ0) is 29.5. The highest BCUT2D eigenvalue weighted by molar-refractivity contribution is 5.96. The summed E-state index contributed by atoms with van der Waals surface area (Å²) in [6, 6.07) is 20.1. The third-order valence-electron chi connectivity index (χ3n) is 6.85. The molecule has 4 N–H and O–H groups in total. The van der Waals surface area contributed by atoms with Crippen molar-refractivity contribution in [3.63, 3.8) is 0 Å². The first-order chi connectivity index (χ1) is 19.6. The number of halogens is 1. The van der Waals surface area contributed by atoms with Gasteiger partial charge in [-0.15, -0.1) is 0 Å². The van der Waals surface area contributed by atoms with Crippen molar-refractivity contribution < 1.29 is 43.9 Å². The molecule has 1 atom stereocenters. The molecule has 3 aromatic rings. The predicted molar refractivity (Wildman–Crippen MR) is 150 cm³/mol. The second-order valence-electron chi connectivity index (χ2n) is 9.93. The number of phenols is 2. The lowest BCUT2D eigenvalue weighted by molar-refractivity contribution is -0.147. The molecule has 10 heteroatoms. The molecule has 5 rings (SSSR count). The topological polar surface area (TPSA) is 137 Å². The molecule has 3 aromatic carbocycles. The van der Waals surface area contributed by atoms with E-state index in [1.165, 1.54) is 0 Å². The van der Waals surface area contributed by atoms with Gasteiger partial charge in [0, 0.05) is 36.7 Å². The summed E-state index contributed by atoms with van der Waals surface area (Å²) < 4.78 is 24.9. The Morgan fingerprint density at radius 1 is 0.976 bits per heavy atom. The Bertz CT molecular complexity index is 1400. The third kappa shape index (κ3) is 7.55. The van der Waals surface area contributed by atoms with Crippen LogP contribution in [0.25, 0.3) is 11.1 Å². The van der Waals surface area contributed by atoms with E-state index >= 15 is 0 Å². The molecule has 1 fully saturated rings. The van der Waals surface area contributed by atoms with Crippen LogP contribution in [0.2, 0.25) is 0 Å². The van der Waals surface area contributed by atoms with Crippen molar-refractivity contribution in [2.45, 2.75) is 19.4 Å².